The van der Waals surface area contributed by atoms with Crippen LogP contribution in [0.1, 0.15) is 51.4 Å². The number of nitrogens with zero attached hydrogens (tertiary/aromatic N) is 2. The molecule has 1 saturated heterocycles. The van der Waals surface area contributed by atoms with Gasteiger partial charge in [-0.1, -0.05) is 0 Å². The van der Waals surface area contributed by atoms with Gasteiger partial charge in [0.05, 0.1) is 32.0 Å². The molecule has 25 heteroatoms. The van der Waals surface area contributed by atoms with Crippen LogP contribution in [0.2, 0.25) is 0 Å². The van der Waals surface area contributed by atoms with E-state index >= 15 is 0 Å². The summed E-state index contributed by atoms with van der Waals surface area (Å²) in [6.45, 7) is -1.79. The van der Waals surface area contributed by atoms with E-state index in [-0.39, 0.29) is 51.2 Å². The Morgan fingerprint density at radius 2 is 1.39 bits per heavy atom. The highest BCUT2D eigenvalue weighted by atomic mass is 16.4. The normalized spacial score (nSPS) is 16.3. The van der Waals surface area contributed by atoms with E-state index in [9.17, 15) is 63.3 Å². The van der Waals surface area contributed by atoms with Crippen molar-refractivity contribution in [2.75, 3.05) is 26.2 Å². The van der Waals surface area contributed by atoms with Gasteiger partial charge in [-0.05, 0) is 32.1 Å². The Labute approximate surface area is 307 Å². The predicted octanol–water partition coefficient (Wildman–Crippen LogP) is -7.89. The molecule has 302 valence electrons. The van der Waals surface area contributed by atoms with Crippen molar-refractivity contribution >= 4 is 65.2 Å². The fourth-order valence-corrected chi connectivity index (χ4v) is 5.03. The number of aliphatic hydroxyl groups is 1. The summed E-state index contributed by atoms with van der Waals surface area (Å²) < 4.78 is 0. The number of hydrogen-bond acceptors (Lipinski definition) is 13. The van der Waals surface area contributed by atoms with E-state index in [4.69, 9.17) is 28.7 Å². The van der Waals surface area contributed by atoms with Gasteiger partial charge in [-0.15, -0.1) is 0 Å². The molecule has 1 aliphatic heterocycles. The second-order valence-electron chi connectivity index (χ2n) is 12.1. The van der Waals surface area contributed by atoms with Crippen molar-refractivity contribution < 1.29 is 63.3 Å². The third kappa shape index (κ3) is 16.5. The molecule has 0 spiro atoms. The zero-order valence-corrected chi connectivity index (χ0v) is 29.2. The van der Waals surface area contributed by atoms with E-state index in [0.29, 0.717) is 6.42 Å². The van der Waals surface area contributed by atoms with Crippen LogP contribution in [0.25, 0.3) is 0 Å². The number of likely N-dealkylation sites (tertiary alicyclic amines) is 1. The highest BCUT2D eigenvalue weighted by Gasteiger charge is 2.39. The number of guanidine groups is 1. The molecule has 1 heterocycles. The van der Waals surface area contributed by atoms with Crippen LogP contribution in [0.5, 0.6) is 0 Å². The van der Waals surface area contributed by atoms with E-state index in [1.165, 1.54) is 0 Å². The van der Waals surface area contributed by atoms with Crippen LogP contribution in [-0.4, -0.2) is 148 Å². The lowest BCUT2D eigenvalue weighted by atomic mass is 10.1. The topological polar surface area (TPSA) is 437 Å². The molecule has 0 aromatic rings. The van der Waals surface area contributed by atoms with Crippen LogP contribution in [0.15, 0.2) is 4.99 Å². The molecule has 0 aliphatic carbocycles. The first-order valence-corrected chi connectivity index (χ1v) is 16.5. The fourth-order valence-electron chi connectivity index (χ4n) is 5.03. The molecular formula is C29H48N12O13. The Morgan fingerprint density at radius 1 is 0.759 bits per heavy atom. The van der Waals surface area contributed by atoms with Crippen LogP contribution >= 0.6 is 0 Å². The fraction of sp³-hybridized carbons (Fsp3) is 0.621. The molecule has 0 aromatic heterocycles. The Hall–Kier alpha value is -6.11. The molecule has 6 atom stereocenters. The minimum absolute atomic E-state index is 0.00642. The molecule has 18 N–H and O–H groups in total. The minimum atomic E-state index is -1.73. The maximum absolute atomic E-state index is 13.7. The second kappa shape index (κ2) is 22.7. The number of carboxylic acid groups (broad SMARTS) is 2. The van der Waals surface area contributed by atoms with Gasteiger partial charge in [-0.2, -0.15) is 0 Å². The van der Waals surface area contributed by atoms with E-state index in [1.807, 2.05) is 0 Å². The zero-order valence-electron chi connectivity index (χ0n) is 29.2. The van der Waals surface area contributed by atoms with Crippen molar-refractivity contribution in [3.63, 3.8) is 0 Å². The zero-order chi connectivity index (χ0) is 41.1. The first kappa shape index (κ1) is 45.9. The maximum atomic E-state index is 13.7. The van der Waals surface area contributed by atoms with Crippen molar-refractivity contribution in [2.24, 2.45) is 33.7 Å². The number of aliphatic hydroxyl groups excluding tert-OH is 1. The van der Waals surface area contributed by atoms with Crippen LogP contribution in [0.4, 0.5) is 0 Å². The summed E-state index contributed by atoms with van der Waals surface area (Å²) >= 11 is 0. The Kier molecular flexibility index (Phi) is 19.3. The van der Waals surface area contributed by atoms with Crippen molar-refractivity contribution in [1.29, 1.82) is 0 Å². The van der Waals surface area contributed by atoms with Gasteiger partial charge in [0, 0.05) is 19.5 Å². The molecule has 0 saturated carbocycles. The Morgan fingerprint density at radius 3 is 1.94 bits per heavy atom. The Balaban J connectivity index is 3.12. The highest BCUT2D eigenvalue weighted by Crippen LogP contribution is 2.20. The molecule has 0 bridgehead atoms. The number of carboxylic acids is 2. The van der Waals surface area contributed by atoms with Crippen molar-refractivity contribution in [3.05, 3.63) is 0 Å². The Bertz CT molecular complexity index is 1460. The number of aliphatic imine (C=N–C) groups is 1. The SMILES string of the molecule is NC(=O)CC[C@H](N)C(=O)N[C@@H](CC(=O)O)C(=O)NCC(=O)N[C@@H](CC(N)=O)C(=O)N[C@@H](CCCN=C(N)N)C(=O)N1CCC[C@H]1C(=O)N[C@@H](CO)C(=O)O. The van der Waals surface area contributed by atoms with Gasteiger partial charge in [0.25, 0.3) is 0 Å². The standard InChI is InChI=1S/C29H48N12O13/c30-13(5-6-19(31)43)23(48)39-16(10-22(46)47)24(49)36-11-21(45)37-15(9-20(32)44)25(50)38-14(3-1-7-35-29(33)34)27(52)41-8-2-4-18(41)26(51)40-17(12-42)28(53)54/h13-18,42H,1-12,30H2,(H2,31,43)(H2,32,44)(H,36,49)(H,37,45)(H,38,50)(H,39,48)(H,40,51)(H,46,47)(H,53,54)(H4,33,34,35)/t13-,14-,15-,16-,17-,18-/m0/s1. The molecule has 8 amide bonds. The third-order valence-electron chi connectivity index (χ3n) is 7.73. The van der Waals surface area contributed by atoms with Crippen LogP contribution in [0.3, 0.4) is 0 Å². The number of amides is 8. The first-order valence-electron chi connectivity index (χ1n) is 16.5. The predicted molar refractivity (Wildman–Crippen MR) is 183 cm³/mol. The van der Waals surface area contributed by atoms with Gasteiger partial charge in [-0.25, -0.2) is 4.79 Å². The number of rotatable bonds is 24. The van der Waals surface area contributed by atoms with Gasteiger partial charge < -0.3 is 75.5 Å². The van der Waals surface area contributed by atoms with Crippen LogP contribution in [0, 0.1) is 0 Å². The molecule has 0 unspecified atom stereocenters. The van der Waals surface area contributed by atoms with E-state index < -0.39 is 121 Å². The summed E-state index contributed by atoms with van der Waals surface area (Å²) in [5.74, 6) is -11.1. The summed E-state index contributed by atoms with van der Waals surface area (Å²) in [7, 11) is 0. The maximum Gasteiger partial charge on any atom is 0.328 e. The highest BCUT2D eigenvalue weighted by molar-refractivity contribution is 5.98. The quantitative estimate of drug-likeness (QED) is 0.0246. The molecule has 1 fully saturated rings. The molecular weight excluding hydrogens is 724 g/mol. The van der Waals surface area contributed by atoms with Crippen LogP contribution in [-0.2, 0) is 47.9 Å². The van der Waals surface area contributed by atoms with E-state index in [2.05, 4.69) is 31.6 Å². The van der Waals surface area contributed by atoms with Gasteiger partial charge in [0.2, 0.25) is 47.3 Å². The number of carbonyl (C=O) groups is 10. The largest absolute Gasteiger partial charge is 0.481 e. The number of primary amides is 2. The minimum Gasteiger partial charge on any atom is -0.481 e. The number of nitrogens with two attached hydrogens (primary N) is 5. The molecule has 54 heavy (non-hydrogen) atoms. The van der Waals surface area contributed by atoms with Gasteiger partial charge in [-0.3, -0.25) is 48.1 Å². The van der Waals surface area contributed by atoms with Crippen molar-refractivity contribution in [1.82, 2.24) is 31.5 Å². The van der Waals surface area contributed by atoms with Gasteiger partial charge in [0.15, 0.2) is 5.96 Å². The number of aliphatic carboxylic acids is 2. The summed E-state index contributed by atoms with van der Waals surface area (Å²) in [5, 5.41) is 38.6. The molecule has 25 nitrogen and oxygen atoms in total. The third-order valence-corrected chi connectivity index (χ3v) is 7.73. The lowest BCUT2D eigenvalue weighted by Gasteiger charge is -2.30. The molecule has 0 aromatic carbocycles. The van der Waals surface area contributed by atoms with E-state index in [0.717, 1.165) is 4.90 Å². The van der Waals surface area contributed by atoms with Gasteiger partial charge in [0.1, 0.15) is 30.2 Å². The first-order chi connectivity index (χ1) is 25.3. The molecule has 1 rings (SSSR count). The molecule has 0 radical (unpaired) electrons. The summed E-state index contributed by atoms with van der Waals surface area (Å²) in [5.41, 5.74) is 26.6. The summed E-state index contributed by atoms with van der Waals surface area (Å²) in [6, 6.07) is -9.01. The monoisotopic (exact) mass is 772 g/mol. The van der Waals surface area contributed by atoms with E-state index in [1.54, 1.807) is 0 Å². The number of carbonyl (C=O) groups excluding carboxylic acids is 8. The number of nitrogens with one attached hydrogen (secondary N) is 5. The average molecular weight is 773 g/mol. The lowest BCUT2D eigenvalue weighted by Crippen LogP contribution is -2.58. The molecule has 1 aliphatic rings. The smallest absolute Gasteiger partial charge is 0.328 e. The summed E-state index contributed by atoms with van der Waals surface area (Å²) in [6.07, 6.45) is -1.79. The van der Waals surface area contributed by atoms with Crippen molar-refractivity contribution in [2.45, 2.75) is 87.6 Å². The number of hydrogen-bond donors (Lipinski definition) is 13. The lowest BCUT2D eigenvalue weighted by molar-refractivity contribution is -0.145. The second-order valence-corrected chi connectivity index (χ2v) is 12.1. The summed E-state index contributed by atoms with van der Waals surface area (Å²) in [4.78, 5) is 128. The van der Waals surface area contributed by atoms with Crippen LogP contribution < -0.4 is 55.3 Å². The van der Waals surface area contributed by atoms with Crippen molar-refractivity contribution in [3.8, 4) is 0 Å². The average Bonchev–Trinajstić information content (AvgIpc) is 3.58. The van der Waals surface area contributed by atoms with Gasteiger partial charge >= 0.3 is 11.9 Å².